The van der Waals surface area contributed by atoms with Crippen LogP contribution in [-0.4, -0.2) is 23.4 Å². The van der Waals surface area contributed by atoms with E-state index in [1.54, 1.807) is 0 Å². The summed E-state index contributed by atoms with van der Waals surface area (Å²) < 4.78 is 6.42. The van der Waals surface area contributed by atoms with E-state index < -0.39 is 0 Å². The summed E-state index contributed by atoms with van der Waals surface area (Å²) in [6, 6.07) is 0. The zero-order chi connectivity index (χ0) is 19.4. The van der Waals surface area contributed by atoms with Crippen LogP contribution in [0.5, 0.6) is 0 Å². The Morgan fingerprint density at radius 1 is 1.33 bits per heavy atom. The Morgan fingerprint density at radius 2 is 2.11 bits per heavy atom. The molecule has 1 saturated heterocycles. The first-order valence-corrected chi connectivity index (χ1v) is 11.4. The topological polar surface area (TPSA) is 32.8 Å². The highest BCUT2D eigenvalue weighted by molar-refractivity contribution is 5.21. The molecule has 4 aliphatic rings. The van der Waals surface area contributed by atoms with Gasteiger partial charge in [-0.1, -0.05) is 37.6 Å². The quantitative estimate of drug-likeness (QED) is 0.481. The fourth-order valence-electron chi connectivity index (χ4n) is 7.26. The van der Waals surface area contributed by atoms with Gasteiger partial charge in [0.05, 0.1) is 18.3 Å². The van der Waals surface area contributed by atoms with E-state index in [9.17, 15) is 5.11 Å². The van der Waals surface area contributed by atoms with Gasteiger partial charge in [0.15, 0.2) is 0 Å². The maximum absolute atomic E-state index is 9.22. The van der Waals surface area contributed by atoms with Crippen molar-refractivity contribution < 1.29 is 9.84 Å². The van der Waals surface area contributed by atoms with Crippen LogP contribution >= 0.6 is 0 Å². The Kier molecular flexibility index (Phi) is 5.13. The van der Waals surface area contributed by atoms with Crippen LogP contribution in [-0.2, 0) is 4.74 Å². The van der Waals surface area contributed by atoms with Crippen LogP contribution in [0.3, 0.4) is 0 Å². The molecule has 27 heavy (non-hydrogen) atoms. The molecule has 8 unspecified atom stereocenters. The molecule has 3 saturated carbocycles. The molecule has 2 nitrogen and oxygen atoms in total. The largest absolute Gasteiger partial charge is 0.392 e. The smallest absolute Gasteiger partial charge is 0.0954 e. The molecule has 2 heteroatoms. The second-order valence-electron chi connectivity index (χ2n) is 10.9. The third-order valence-corrected chi connectivity index (χ3v) is 9.21. The van der Waals surface area contributed by atoms with Gasteiger partial charge >= 0.3 is 0 Å². The van der Waals surface area contributed by atoms with Crippen LogP contribution < -0.4 is 0 Å². The van der Waals surface area contributed by atoms with Gasteiger partial charge in [-0.2, -0.15) is 0 Å². The van der Waals surface area contributed by atoms with Crippen LogP contribution in [0, 0.1) is 35.0 Å². The molecule has 152 valence electrons. The highest BCUT2D eigenvalue weighted by Gasteiger charge is 2.65. The number of hydrogen-bond acceptors (Lipinski definition) is 2. The molecule has 0 aromatic rings. The van der Waals surface area contributed by atoms with E-state index in [4.69, 9.17) is 4.74 Å². The molecule has 1 heterocycles. The van der Waals surface area contributed by atoms with E-state index in [1.165, 1.54) is 50.5 Å². The van der Waals surface area contributed by atoms with E-state index in [0.717, 1.165) is 35.7 Å². The number of ether oxygens (including phenoxy) is 1. The molecule has 0 amide bonds. The average Bonchev–Trinajstić information content (AvgIpc) is 2.95. The third kappa shape index (κ3) is 3.35. The maximum atomic E-state index is 9.22. The molecular weight excluding hydrogens is 332 g/mol. The summed E-state index contributed by atoms with van der Waals surface area (Å²) in [5, 5.41) is 9.22. The van der Waals surface area contributed by atoms with Crippen LogP contribution in [0.15, 0.2) is 23.8 Å². The molecule has 4 fully saturated rings. The Balaban J connectivity index is 1.50. The third-order valence-electron chi connectivity index (χ3n) is 9.21. The van der Waals surface area contributed by atoms with Gasteiger partial charge in [0.2, 0.25) is 0 Å². The summed E-state index contributed by atoms with van der Waals surface area (Å²) in [4.78, 5) is 0. The van der Waals surface area contributed by atoms with Crippen molar-refractivity contribution in [3.8, 4) is 0 Å². The Bertz CT molecular complexity index is 622. The molecule has 0 bridgehead atoms. The van der Waals surface area contributed by atoms with Crippen molar-refractivity contribution in [3.63, 3.8) is 0 Å². The second kappa shape index (κ2) is 7.02. The number of allylic oxidation sites excluding steroid dienone is 2. The summed E-state index contributed by atoms with van der Waals surface area (Å²) in [7, 11) is 0. The minimum atomic E-state index is 0.142. The highest BCUT2D eigenvalue weighted by atomic mass is 16.6. The van der Waals surface area contributed by atoms with Crippen molar-refractivity contribution in [2.45, 2.75) is 90.8 Å². The zero-order valence-electron chi connectivity index (χ0n) is 18.0. The molecule has 1 N–H and O–H groups in total. The fraction of sp³-hybridized carbons (Fsp3) is 0.840. The SMILES string of the molecule is C=C1CCC2C1CC1(C)CCC(C(C)CCC=C(C)CO)C1CC1OC12C. The minimum Gasteiger partial charge on any atom is -0.392 e. The molecular formula is C25H40O2. The highest BCUT2D eigenvalue weighted by Crippen LogP contribution is 2.65. The molecule has 8 atom stereocenters. The van der Waals surface area contributed by atoms with E-state index >= 15 is 0 Å². The summed E-state index contributed by atoms with van der Waals surface area (Å²) in [6.07, 6.45) is 13.0. The van der Waals surface area contributed by atoms with Crippen molar-refractivity contribution in [2.24, 2.45) is 35.0 Å². The molecule has 0 aromatic heterocycles. The number of epoxide rings is 1. The summed E-state index contributed by atoms with van der Waals surface area (Å²) in [5.41, 5.74) is 3.23. The van der Waals surface area contributed by atoms with Gasteiger partial charge in [0, 0.05) is 0 Å². The Morgan fingerprint density at radius 3 is 2.85 bits per heavy atom. The lowest BCUT2D eigenvalue weighted by atomic mass is 9.62. The lowest BCUT2D eigenvalue weighted by Gasteiger charge is -2.42. The number of fused-ring (bicyclic) bond motifs is 4. The Labute approximate surface area is 166 Å². The van der Waals surface area contributed by atoms with Crippen molar-refractivity contribution in [2.75, 3.05) is 6.61 Å². The molecule has 0 radical (unpaired) electrons. The van der Waals surface area contributed by atoms with Gasteiger partial charge in [0.1, 0.15) is 0 Å². The number of rotatable bonds is 5. The van der Waals surface area contributed by atoms with Gasteiger partial charge < -0.3 is 9.84 Å². The van der Waals surface area contributed by atoms with E-state index in [0.29, 0.717) is 17.4 Å². The molecule has 3 aliphatic carbocycles. The van der Waals surface area contributed by atoms with Gasteiger partial charge in [-0.25, -0.2) is 0 Å². The lowest BCUT2D eigenvalue weighted by molar-refractivity contribution is 0.0918. The normalized spacial score (nSPS) is 47.7. The predicted molar refractivity (Wildman–Crippen MR) is 111 cm³/mol. The standard InChI is InChI=1S/C25H40O2/c1-16(15-26)7-6-8-17(2)19-11-12-24(4)14-20-18(3)9-10-21(20)25(5)23(27-25)13-22(19)24/h7,17,19-23,26H,3,6,8-15H2,1-2,4-5H3. The van der Waals surface area contributed by atoms with Crippen LogP contribution in [0.25, 0.3) is 0 Å². The summed E-state index contributed by atoms with van der Waals surface area (Å²) in [5.74, 6) is 3.80. The van der Waals surface area contributed by atoms with Crippen LogP contribution in [0.1, 0.15) is 79.1 Å². The average molecular weight is 373 g/mol. The first kappa shape index (κ1) is 19.7. The summed E-state index contributed by atoms with van der Waals surface area (Å²) >= 11 is 0. The second-order valence-corrected chi connectivity index (χ2v) is 10.9. The summed E-state index contributed by atoms with van der Waals surface area (Å²) in [6.45, 7) is 14.2. The van der Waals surface area contributed by atoms with Crippen molar-refractivity contribution >= 4 is 0 Å². The zero-order valence-corrected chi connectivity index (χ0v) is 18.0. The number of aliphatic hydroxyl groups excluding tert-OH is 1. The fourth-order valence-corrected chi connectivity index (χ4v) is 7.26. The molecule has 0 aromatic carbocycles. The monoisotopic (exact) mass is 372 g/mol. The molecule has 0 spiro atoms. The van der Waals surface area contributed by atoms with Gasteiger partial charge in [-0.15, -0.1) is 0 Å². The lowest BCUT2D eigenvalue weighted by Crippen LogP contribution is -2.39. The van der Waals surface area contributed by atoms with E-state index in [2.05, 4.69) is 33.4 Å². The maximum Gasteiger partial charge on any atom is 0.0954 e. The van der Waals surface area contributed by atoms with Crippen molar-refractivity contribution in [1.29, 1.82) is 0 Å². The number of aliphatic hydroxyl groups is 1. The van der Waals surface area contributed by atoms with Gasteiger partial charge in [-0.05, 0) is 100 Å². The Hall–Kier alpha value is -0.600. The van der Waals surface area contributed by atoms with Gasteiger partial charge in [0.25, 0.3) is 0 Å². The minimum absolute atomic E-state index is 0.142. The molecule has 4 rings (SSSR count). The first-order valence-electron chi connectivity index (χ1n) is 11.4. The first-order chi connectivity index (χ1) is 12.8. The van der Waals surface area contributed by atoms with E-state index in [-0.39, 0.29) is 12.2 Å². The van der Waals surface area contributed by atoms with Gasteiger partial charge in [-0.3, -0.25) is 0 Å². The van der Waals surface area contributed by atoms with E-state index in [1.807, 2.05) is 6.92 Å². The van der Waals surface area contributed by atoms with Crippen molar-refractivity contribution in [3.05, 3.63) is 23.8 Å². The van der Waals surface area contributed by atoms with Crippen molar-refractivity contribution in [1.82, 2.24) is 0 Å². The van der Waals surface area contributed by atoms with Crippen LogP contribution in [0.4, 0.5) is 0 Å². The molecule has 1 aliphatic heterocycles. The number of hydrogen-bond donors (Lipinski definition) is 1. The van der Waals surface area contributed by atoms with Crippen LogP contribution in [0.2, 0.25) is 0 Å². The predicted octanol–water partition coefficient (Wildman–Crippen LogP) is 5.91.